The third kappa shape index (κ3) is 3.45. The third-order valence-corrected chi connectivity index (χ3v) is 2.00. The highest BCUT2D eigenvalue weighted by Crippen LogP contribution is 2.18. The van der Waals surface area contributed by atoms with Crippen molar-refractivity contribution in [3.63, 3.8) is 0 Å². The number of hydrogen-bond donors (Lipinski definition) is 1. The first-order valence-corrected chi connectivity index (χ1v) is 5.22. The molecule has 0 atom stereocenters. The number of carbonyl (C=O) groups is 1. The number of hydrogen-bond acceptors (Lipinski definition) is 4. The first kappa shape index (κ1) is 13.0. The van der Waals surface area contributed by atoms with E-state index in [1.807, 2.05) is 13.8 Å². The van der Waals surface area contributed by atoms with Gasteiger partial charge in [-0.2, -0.15) is 0 Å². The zero-order valence-corrected chi connectivity index (χ0v) is 9.80. The van der Waals surface area contributed by atoms with Crippen molar-refractivity contribution in [3.8, 4) is 18.1 Å². The predicted molar refractivity (Wildman–Crippen MR) is 62.0 cm³/mol. The molecule has 0 aliphatic carbocycles. The van der Waals surface area contributed by atoms with Crippen LogP contribution in [0.15, 0.2) is 6.20 Å². The van der Waals surface area contributed by atoms with E-state index < -0.39 is 5.97 Å². The van der Waals surface area contributed by atoms with Crippen LogP contribution in [0.4, 0.5) is 0 Å². The third-order valence-electron chi connectivity index (χ3n) is 2.00. The number of carboxylic acid groups (broad SMARTS) is 1. The van der Waals surface area contributed by atoms with E-state index in [-0.39, 0.29) is 24.0 Å². The van der Waals surface area contributed by atoms with Crippen LogP contribution in [0.25, 0.3) is 0 Å². The number of ether oxygens (including phenoxy) is 1. The summed E-state index contributed by atoms with van der Waals surface area (Å²) in [6.07, 6.45) is 6.86. The molecule has 0 amide bonds. The van der Waals surface area contributed by atoms with Gasteiger partial charge in [0.05, 0.1) is 12.8 Å². The summed E-state index contributed by atoms with van der Waals surface area (Å²) in [6.45, 7) is 4.03. The molecule has 0 radical (unpaired) electrons. The minimum Gasteiger partial charge on any atom is -0.488 e. The van der Waals surface area contributed by atoms with E-state index in [0.29, 0.717) is 12.2 Å². The SMILES string of the molecule is C#CCCOc1cnc(C(C)C)nc1C(=O)O. The van der Waals surface area contributed by atoms with Gasteiger partial charge in [0.1, 0.15) is 5.82 Å². The standard InChI is InChI=1S/C12H14N2O3/c1-4-5-6-17-9-7-13-11(8(2)3)14-10(9)12(15)16/h1,7-8H,5-6H2,2-3H3,(H,15,16). The van der Waals surface area contributed by atoms with Gasteiger partial charge in [-0.1, -0.05) is 13.8 Å². The summed E-state index contributed by atoms with van der Waals surface area (Å²) in [5, 5.41) is 9.02. The fourth-order valence-corrected chi connectivity index (χ4v) is 1.14. The van der Waals surface area contributed by atoms with Crippen molar-refractivity contribution in [2.45, 2.75) is 26.2 Å². The van der Waals surface area contributed by atoms with E-state index in [2.05, 4.69) is 15.9 Å². The van der Waals surface area contributed by atoms with Crippen LogP contribution >= 0.6 is 0 Å². The first-order chi connectivity index (χ1) is 8.06. The highest BCUT2D eigenvalue weighted by atomic mass is 16.5. The second-order valence-corrected chi connectivity index (χ2v) is 3.70. The molecule has 0 fully saturated rings. The van der Waals surface area contributed by atoms with Crippen LogP contribution in [-0.4, -0.2) is 27.7 Å². The first-order valence-electron chi connectivity index (χ1n) is 5.22. The Morgan fingerprint density at radius 2 is 2.35 bits per heavy atom. The van der Waals surface area contributed by atoms with E-state index in [1.54, 1.807) is 0 Å². The number of nitrogens with zero attached hydrogens (tertiary/aromatic N) is 2. The molecule has 1 aromatic rings. The summed E-state index contributed by atoms with van der Waals surface area (Å²) >= 11 is 0. The Hall–Kier alpha value is -2.09. The van der Waals surface area contributed by atoms with Crippen molar-refractivity contribution in [1.29, 1.82) is 0 Å². The summed E-state index contributed by atoms with van der Waals surface area (Å²) in [6, 6.07) is 0. The quantitative estimate of drug-likeness (QED) is 0.620. The van der Waals surface area contributed by atoms with Crippen molar-refractivity contribution >= 4 is 5.97 Å². The van der Waals surface area contributed by atoms with Gasteiger partial charge in [0.15, 0.2) is 11.4 Å². The smallest absolute Gasteiger partial charge is 0.358 e. The molecular weight excluding hydrogens is 220 g/mol. The van der Waals surface area contributed by atoms with E-state index in [4.69, 9.17) is 16.3 Å². The van der Waals surface area contributed by atoms with Crippen LogP contribution in [0, 0.1) is 12.3 Å². The lowest BCUT2D eigenvalue weighted by atomic mass is 10.2. The lowest BCUT2D eigenvalue weighted by Crippen LogP contribution is -2.10. The molecule has 0 aliphatic rings. The molecule has 1 heterocycles. The predicted octanol–water partition coefficient (Wildman–Crippen LogP) is 1.70. The van der Waals surface area contributed by atoms with Crippen molar-refractivity contribution in [3.05, 3.63) is 17.7 Å². The van der Waals surface area contributed by atoms with Crippen molar-refractivity contribution < 1.29 is 14.6 Å². The second kappa shape index (κ2) is 5.85. The molecule has 0 aliphatic heterocycles. The molecule has 0 saturated carbocycles. The molecule has 5 heteroatoms. The van der Waals surface area contributed by atoms with Crippen LogP contribution in [0.5, 0.6) is 5.75 Å². The molecule has 0 spiro atoms. The number of carboxylic acids is 1. The molecule has 5 nitrogen and oxygen atoms in total. The van der Waals surface area contributed by atoms with Gasteiger partial charge in [0.25, 0.3) is 0 Å². The Balaban J connectivity index is 2.97. The zero-order valence-electron chi connectivity index (χ0n) is 9.80. The topological polar surface area (TPSA) is 72.3 Å². The molecule has 1 rings (SSSR count). The summed E-state index contributed by atoms with van der Waals surface area (Å²) in [5.41, 5.74) is -0.124. The van der Waals surface area contributed by atoms with Crippen LogP contribution in [0.2, 0.25) is 0 Å². The Labute approximate surface area is 99.9 Å². The lowest BCUT2D eigenvalue weighted by Gasteiger charge is -2.09. The fraction of sp³-hybridized carbons (Fsp3) is 0.417. The summed E-state index contributed by atoms with van der Waals surface area (Å²) in [4.78, 5) is 19.0. The maximum Gasteiger partial charge on any atom is 0.358 e. The van der Waals surface area contributed by atoms with Gasteiger partial charge in [-0.15, -0.1) is 12.3 Å². The molecule has 90 valence electrons. The minimum atomic E-state index is -1.13. The number of rotatable bonds is 5. The number of aromatic carboxylic acids is 1. The summed E-state index contributed by atoms with van der Waals surface area (Å²) in [7, 11) is 0. The molecule has 0 unspecified atom stereocenters. The Bertz CT molecular complexity index is 450. The van der Waals surface area contributed by atoms with Gasteiger partial charge >= 0.3 is 5.97 Å². The Morgan fingerprint density at radius 1 is 1.65 bits per heavy atom. The molecule has 0 bridgehead atoms. The lowest BCUT2D eigenvalue weighted by molar-refractivity contribution is 0.0684. The molecular formula is C12H14N2O3. The zero-order chi connectivity index (χ0) is 12.8. The van der Waals surface area contributed by atoms with Crippen LogP contribution in [-0.2, 0) is 0 Å². The maximum atomic E-state index is 11.0. The molecule has 17 heavy (non-hydrogen) atoms. The van der Waals surface area contributed by atoms with Gasteiger partial charge < -0.3 is 9.84 Å². The van der Waals surface area contributed by atoms with E-state index >= 15 is 0 Å². The van der Waals surface area contributed by atoms with Crippen molar-refractivity contribution in [1.82, 2.24) is 9.97 Å². The van der Waals surface area contributed by atoms with Crippen molar-refractivity contribution in [2.75, 3.05) is 6.61 Å². The van der Waals surface area contributed by atoms with Gasteiger partial charge in [-0.05, 0) is 0 Å². The molecule has 1 N–H and O–H groups in total. The van der Waals surface area contributed by atoms with Crippen LogP contribution < -0.4 is 4.74 Å². The average molecular weight is 234 g/mol. The monoisotopic (exact) mass is 234 g/mol. The van der Waals surface area contributed by atoms with E-state index in [1.165, 1.54) is 6.20 Å². The minimum absolute atomic E-state index is 0.0628. The second-order valence-electron chi connectivity index (χ2n) is 3.70. The maximum absolute atomic E-state index is 11.0. The van der Waals surface area contributed by atoms with Gasteiger partial charge in [-0.25, -0.2) is 14.8 Å². The highest BCUT2D eigenvalue weighted by molar-refractivity contribution is 5.88. The summed E-state index contributed by atoms with van der Waals surface area (Å²) < 4.78 is 5.23. The van der Waals surface area contributed by atoms with Crippen LogP contribution in [0.1, 0.15) is 42.5 Å². The van der Waals surface area contributed by atoms with Crippen molar-refractivity contribution in [2.24, 2.45) is 0 Å². The van der Waals surface area contributed by atoms with Gasteiger partial charge in [-0.3, -0.25) is 0 Å². The molecule has 0 saturated heterocycles. The van der Waals surface area contributed by atoms with Crippen LogP contribution in [0.3, 0.4) is 0 Å². The average Bonchev–Trinajstić information content (AvgIpc) is 2.29. The highest BCUT2D eigenvalue weighted by Gasteiger charge is 2.16. The largest absolute Gasteiger partial charge is 0.488 e. The van der Waals surface area contributed by atoms with E-state index in [0.717, 1.165) is 0 Å². The molecule has 0 aromatic carbocycles. The van der Waals surface area contributed by atoms with E-state index in [9.17, 15) is 4.79 Å². The van der Waals surface area contributed by atoms with Gasteiger partial charge in [0, 0.05) is 12.3 Å². The summed E-state index contributed by atoms with van der Waals surface area (Å²) in [5.74, 6) is 1.96. The normalized spacial score (nSPS) is 10.0. The number of terminal acetylenes is 1. The fourth-order valence-electron chi connectivity index (χ4n) is 1.14. The van der Waals surface area contributed by atoms with Gasteiger partial charge in [0.2, 0.25) is 0 Å². The molecule has 1 aromatic heterocycles. The number of aromatic nitrogens is 2. The Morgan fingerprint density at radius 3 is 2.88 bits per heavy atom. The Kier molecular flexibility index (Phi) is 4.46.